The van der Waals surface area contributed by atoms with Gasteiger partial charge in [0.25, 0.3) is 11.8 Å². The molecule has 8 heteroatoms. The number of esters is 1. The van der Waals surface area contributed by atoms with Crippen molar-refractivity contribution in [3.8, 4) is 0 Å². The van der Waals surface area contributed by atoms with Crippen LogP contribution in [0.25, 0.3) is 6.08 Å². The van der Waals surface area contributed by atoms with Crippen molar-refractivity contribution < 1.29 is 19.1 Å². The number of thiophene rings is 1. The minimum atomic E-state index is -0.760. The van der Waals surface area contributed by atoms with E-state index in [1.165, 1.54) is 17.4 Å². The topological polar surface area (TPSA) is 72.5 Å². The molecule has 0 atom stereocenters. The fourth-order valence-corrected chi connectivity index (χ4v) is 2.78. The van der Waals surface area contributed by atoms with Crippen LogP contribution in [0.15, 0.2) is 41.8 Å². The molecule has 0 bridgehead atoms. The molecule has 1 aromatic carbocycles. The summed E-state index contributed by atoms with van der Waals surface area (Å²) >= 11 is 13.1. The van der Waals surface area contributed by atoms with Gasteiger partial charge in [-0.3, -0.25) is 14.9 Å². The lowest BCUT2D eigenvalue weighted by molar-refractivity contribution is -0.143. The first-order chi connectivity index (χ1) is 11.5. The van der Waals surface area contributed by atoms with Gasteiger partial charge in [0.15, 0.2) is 6.61 Å². The Hall–Kier alpha value is -2.15. The van der Waals surface area contributed by atoms with Crippen LogP contribution >= 0.6 is 34.5 Å². The van der Waals surface area contributed by atoms with E-state index in [9.17, 15) is 14.4 Å². The van der Waals surface area contributed by atoms with Gasteiger partial charge >= 0.3 is 5.97 Å². The number of ether oxygens (including phenoxy) is 1. The minimum Gasteiger partial charge on any atom is -0.452 e. The third kappa shape index (κ3) is 5.19. The lowest BCUT2D eigenvalue weighted by Crippen LogP contribution is -2.33. The van der Waals surface area contributed by atoms with Gasteiger partial charge < -0.3 is 4.74 Å². The lowest BCUT2D eigenvalue weighted by Gasteiger charge is -2.03. The standard InChI is InChI=1S/C16H11Cl2NO4S/c17-11-3-1-4-12(18)10(11)6-7-15(21)23-9-14(20)19-16(22)13-5-2-8-24-13/h1-8H,9H2,(H,19,20,22)/b7-6+. The number of rotatable bonds is 5. The average Bonchev–Trinajstić information content (AvgIpc) is 3.07. The molecule has 1 heterocycles. The molecule has 2 amide bonds. The van der Waals surface area contributed by atoms with E-state index >= 15 is 0 Å². The molecule has 0 fully saturated rings. The van der Waals surface area contributed by atoms with E-state index in [4.69, 9.17) is 27.9 Å². The highest BCUT2D eigenvalue weighted by molar-refractivity contribution is 7.12. The third-order valence-electron chi connectivity index (χ3n) is 2.73. The van der Waals surface area contributed by atoms with E-state index in [0.717, 1.165) is 6.08 Å². The van der Waals surface area contributed by atoms with Crippen molar-refractivity contribution in [2.45, 2.75) is 0 Å². The predicted octanol–water partition coefficient (Wildman–Crippen LogP) is 3.57. The fraction of sp³-hybridized carbons (Fsp3) is 0.0625. The molecule has 0 spiro atoms. The number of carbonyl (C=O) groups excluding carboxylic acids is 3. The summed E-state index contributed by atoms with van der Waals surface area (Å²) in [7, 11) is 0. The Kier molecular flexibility index (Phi) is 6.54. The second-order valence-electron chi connectivity index (χ2n) is 4.43. The molecule has 1 N–H and O–H groups in total. The number of halogens is 2. The summed E-state index contributed by atoms with van der Waals surface area (Å²) < 4.78 is 4.75. The highest BCUT2D eigenvalue weighted by Crippen LogP contribution is 2.25. The molecule has 0 aliphatic carbocycles. The Morgan fingerprint density at radius 3 is 2.46 bits per heavy atom. The smallest absolute Gasteiger partial charge is 0.331 e. The zero-order chi connectivity index (χ0) is 17.5. The highest BCUT2D eigenvalue weighted by Gasteiger charge is 2.12. The summed E-state index contributed by atoms with van der Waals surface area (Å²) in [5.74, 6) is -2.01. The number of hydrogen-bond acceptors (Lipinski definition) is 5. The first-order valence-corrected chi connectivity index (χ1v) is 8.27. The van der Waals surface area contributed by atoms with Crippen LogP contribution in [0.3, 0.4) is 0 Å². The molecule has 1 aromatic heterocycles. The van der Waals surface area contributed by atoms with Crippen molar-refractivity contribution in [1.29, 1.82) is 0 Å². The van der Waals surface area contributed by atoms with E-state index in [0.29, 0.717) is 20.5 Å². The van der Waals surface area contributed by atoms with E-state index in [1.54, 1.807) is 35.7 Å². The number of carbonyl (C=O) groups is 3. The summed E-state index contributed by atoms with van der Waals surface area (Å²) in [5, 5.41) is 4.59. The van der Waals surface area contributed by atoms with Crippen LogP contribution in [-0.2, 0) is 14.3 Å². The molecular formula is C16H11Cl2NO4S. The molecule has 0 saturated heterocycles. The summed E-state index contributed by atoms with van der Waals surface area (Å²) in [4.78, 5) is 35.2. The van der Waals surface area contributed by atoms with Crippen LogP contribution in [0.2, 0.25) is 10.0 Å². The Morgan fingerprint density at radius 1 is 1.12 bits per heavy atom. The summed E-state index contributed by atoms with van der Waals surface area (Å²) in [6.45, 7) is -0.573. The van der Waals surface area contributed by atoms with Gasteiger partial charge in [-0.15, -0.1) is 11.3 Å². The quantitative estimate of drug-likeness (QED) is 0.632. The number of hydrogen-bond donors (Lipinski definition) is 1. The Bertz CT molecular complexity index is 767. The van der Waals surface area contributed by atoms with Crippen molar-refractivity contribution in [2.24, 2.45) is 0 Å². The van der Waals surface area contributed by atoms with Crippen LogP contribution in [0, 0.1) is 0 Å². The zero-order valence-corrected chi connectivity index (χ0v) is 14.5. The Balaban J connectivity index is 1.83. The molecule has 24 heavy (non-hydrogen) atoms. The second-order valence-corrected chi connectivity index (χ2v) is 6.19. The molecule has 0 unspecified atom stereocenters. The molecule has 0 radical (unpaired) electrons. The number of amides is 2. The summed E-state index contributed by atoms with van der Waals surface area (Å²) in [6, 6.07) is 8.20. The molecule has 0 saturated carbocycles. The van der Waals surface area contributed by atoms with Crippen molar-refractivity contribution >= 4 is 58.4 Å². The fourth-order valence-electron chi connectivity index (χ4n) is 1.64. The van der Waals surface area contributed by atoms with Gasteiger partial charge in [-0.25, -0.2) is 4.79 Å². The molecule has 124 valence electrons. The van der Waals surface area contributed by atoms with Gasteiger partial charge in [0.1, 0.15) is 0 Å². The maximum absolute atomic E-state index is 11.6. The SMILES string of the molecule is O=C(COC(=O)/C=C/c1c(Cl)cccc1Cl)NC(=O)c1cccs1. The predicted molar refractivity (Wildman–Crippen MR) is 93.2 cm³/mol. The monoisotopic (exact) mass is 383 g/mol. The van der Waals surface area contributed by atoms with Crippen LogP contribution < -0.4 is 5.32 Å². The maximum atomic E-state index is 11.6. The van der Waals surface area contributed by atoms with Gasteiger partial charge in [0.05, 0.1) is 4.88 Å². The maximum Gasteiger partial charge on any atom is 0.331 e. The third-order valence-corrected chi connectivity index (χ3v) is 4.26. The van der Waals surface area contributed by atoms with Crippen LogP contribution in [0.1, 0.15) is 15.2 Å². The van der Waals surface area contributed by atoms with Crippen molar-refractivity contribution in [1.82, 2.24) is 5.32 Å². The Labute approximate surface area is 151 Å². The highest BCUT2D eigenvalue weighted by atomic mass is 35.5. The zero-order valence-electron chi connectivity index (χ0n) is 12.1. The first kappa shape index (κ1) is 18.2. The van der Waals surface area contributed by atoms with Gasteiger partial charge in [0.2, 0.25) is 0 Å². The van der Waals surface area contributed by atoms with Crippen LogP contribution in [0.5, 0.6) is 0 Å². The van der Waals surface area contributed by atoms with Crippen LogP contribution in [0.4, 0.5) is 0 Å². The van der Waals surface area contributed by atoms with Gasteiger partial charge in [0, 0.05) is 21.7 Å². The van der Waals surface area contributed by atoms with Crippen molar-refractivity contribution in [3.63, 3.8) is 0 Å². The van der Waals surface area contributed by atoms with E-state index in [-0.39, 0.29) is 0 Å². The molecule has 2 rings (SSSR count). The van der Waals surface area contributed by atoms with Gasteiger partial charge in [-0.1, -0.05) is 35.3 Å². The first-order valence-electron chi connectivity index (χ1n) is 6.64. The van der Waals surface area contributed by atoms with E-state index < -0.39 is 24.4 Å². The Morgan fingerprint density at radius 2 is 1.83 bits per heavy atom. The molecule has 2 aromatic rings. The molecule has 0 aliphatic rings. The second kappa shape index (κ2) is 8.63. The summed E-state index contributed by atoms with van der Waals surface area (Å²) in [5.41, 5.74) is 0.468. The van der Waals surface area contributed by atoms with E-state index in [2.05, 4.69) is 5.32 Å². The molecule has 0 aliphatic heterocycles. The van der Waals surface area contributed by atoms with Gasteiger partial charge in [-0.05, 0) is 29.7 Å². The van der Waals surface area contributed by atoms with Gasteiger partial charge in [-0.2, -0.15) is 0 Å². The van der Waals surface area contributed by atoms with Crippen molar-refractivity contribution in [2.75, 3.05) is 6.61 Å². The lowest BCUT2D eigenvalue weighted by atomic mass is 10.2. The average molecular weight is 384 g/mol. The largest absolute Gasteiger partial charge is 0.452 e. The summed E-state index contributed by atoms with van der Waals surface area (Å²) in [6.07, 6.45) is 2.49. The number of benzene rings is 1. The normalized spacial score (nSPS) is 10.6. The van der Waals surface area contributed by atoms with E-state index in [1.807, 2.05) is 0 Å². The van der Waals surface area contributed by atoms with Crippen LogP contribution in [-0.4, -0.2) is 24.4 Å². The molecule has 5 nitrogen and oxygen atoms in total. The van der Waals surface area contributed by atoms with Crippen molar-refractivity contribution in [3.05, 3.63) is 62.3 Å². The number of imide groups is 1. The number of nitrogens with one attached hydrogen (secondary N) is 1. The molecular weight excluding hydrogens is 373 g/mol. The minimum absolute atomic E-state index is 0.380.